The van der Waals surface area contributed by atoms with E-state index >= 15 is 0 Å². The van der Waals surface area contributed by atoms with Gasteiger partial charge in [0.1, 0.15) is 42.8 Å². The lowest BCUT2D eigenvalue weighted by Crippen LogP contribution is -2.46. The van der Waals surface area contributed by atoms with Crippen molar-refractivity contribution in [3.63, 3.8) is 0 Å². The fraction of sp³-hybridized carbons (Fsp3) is 0.467. The first-order valence-electron chi connectivity index (χ1n) is 7.62. The van der Waals surface area contributed by atoms with Gasteiger partial charge in [-0.3, -0.25) is 4.79 Å². The van der Waals surface area contributed by atoms with E-state index in [1.54, 1.807) is 19.1 Å². The molecule has 0 aromatic carbocycles. The van der Waals surface area contributed by atoms with Crippen LogP contribution in [-0.4, -0.2) is 55.2 Å². The van der Waals surface area contributed by atoms with E-state index in [4.69, 9.17) is 15.2 Å². The van der Waals surface area contributed by atoms with Crippen molar-refractivity contribution >= 4 is 17.3 Å². The maximum absolute atomic E-state index is 11.4. The number of carbonyl (C=O) groups is 1. The first kappa shape index (κ1) is 17.1. The SMILES string of the molecule is CCC(=O)OC[C@@]1(C#N)O[C@@H](c2ccc3c(N)ncnn23)[C@H](O)[C@@H]1O. The van der Waals surface area contributed by atoms with Crippen LogP contribution in [0.2, 0.25) is 0 Å². The van der Waals surface area contributed by atoms with Gasteiger partial charge in [-0.05, 0) is 12.1 Å². The highest BCUT2D eigenvalue weighted by molar-refractivity contribution is 5.69. The topological polar surface area (TPSA) is 156 Å². The molecule has 132 valence electrons. The van der Waals surface area contributed by atoms with E-state index in [-0.39, 0.29) is 12.2 Å². The van der Waals surface area contributed by atoms with Crippen LogP contribution >= 0.6 is 0 Å². The van der Waals surface area contributed by atoms with Gasteiger partial charge in [0.05, 0.1) is 5.69 Å². The molecule has 1 fully saturated rings. The van der Waals surface area contributed by atoms with Gasteiger partial charge in [0.25, 0.3) is 0 Å². The summed E-state index contributed by atoms with van der Waals surface area (Å²) in [5.41, 5.74) is 4.77. The van der Waals surface area contributed by atoms with Gasteiger partial charge in [-0.15, -0.1) is 0 Å². The molecule has 10 nitrogen and oxygen atoms in total. The molecule has 0 saturated carbocycles. The molecule has 4 atom stereocenters. The molecule has 0 amide bonds. The number of ether oxygens (including phenoxy) is 2. The third kappa shape index (κ3) is 2.68. The minimum atomic E-state index is -1.88. The van der Waals surface area contributed by atoms with E-state index in [0.29, 0.717) is 11.2 Å². The Morgan fingerprint density at radius 2 is 2.32 bits per heavy atom. The molecule has 0 radical (unpaired) electrons. The van der Waals surface area contributed by atoms with Crippen molar-refractivity contribution < 1.29 is 24.5 Å². The van der Waals surface area contributed by atoms with Crippen LogP contribution in [0.15, 0.2) is 18.5 Å². The molecule has 25 heavy (non-hydrogen) atoms. The van der Waals surface area contributed by atoms with Crippen LogP contribution in [-0.2, 0) is 14.3 Å². The van der Waals surface area contributed by atoms with Crippen LogP contribution in [0.1, 0.15) is 25.1 Å². The molecule has 3 heterocycles. The average molecular weight is 347 g/mol. The van der Waals surface area contributed by atoms with E-state index in [1.807, 2.05) is 6.07 Å². The second kappa shape index (κ2) is 6.29. The number of aromatic nitrogens is 3. The number of aliphatic hydroxyl groups is 2. The lowest BCUT2D eigenvalue weighted by molar-refractivity contribution is -0.154. The van der Waals surface area contributed by atoms with Crippen LogP contribution in [0.25, 0.3) is 5.52 Å². The Morgan fingerprint density at radius 3 is 3.00 bits per heavy atom. The van der Waals surface area contributed by atoms with Gasteiger partial charge in [-0.2, -0.15) is 10.4 Å². The van der Waals surface area contributed by atoms with Crippen molar-refractivity contribution in [2.75, 3.05) is 12.3 Å². The Morgan fingerprint density at radius 1 is 1.56 bits per heavy atom. The minimum Gasteiger partial charge on any atom is -0.461 e. The number of aliphatic hydroxyl groups excluding tert-OH is 2. The Hall–Kier alpha value is -2.74. The molecule has 0 bridgehead atoms. The molecule has 4 N–H and O–H groups in total. The lowest BCUT2D eigenvalue weighted by Gasteiger charge is -2.23. The molecule has 1 saturated heterocycles. The zero-order valence-corrected chi connectivity index (χ0v) is 13.4. The summed E-state index contributed by atoms with van der Waals surface area (Å²) < 4.78 is 12.0. The first-order valence-corrected chi connectivity index (χ1v) is 7.62. The van der Waals surface area contributed by atoms with Crippen molar-refractivity contribution in [2.45, 2.75) is 37.3 Å². The Kier molecular flexibility index (Phi) is 4.30. The number of hydrogen-bond acceptors (Lipinski definition) is 9. The van der Waals surface area contributed by atoms with E-state index in [0.717, 1.165) is 0 Å². The average Bonchev–Trinajstić information content (AvgIpc) is 3.15. The Balaban J connectivity index is 1.94. The van der Waals surface area contributed by atoms with Crippen LogP contribution in [0.3, 0.4) is 0 Å². The number of rotatable bonds is 4. The maximum atomic E-state index is 11.4. The maximum Gasteiger partial charge on any atom is 0.305 e. The fourth-order valence-corrected chi connectivity index (χ4v) is 2.77. The minimum absolute atomic E-state index is 0.114. The van der Waals surface area contributed by atoms with Gasteiger partial charge in [-0.1, -0.05) is 6.92 Å². The zero-order valence-electron chi connectivity index (χ0n) is 13.4. The van der Waals surface area contributed by atoms with Crippen molar-refractivity contribution in [1.29, 1.82) is 5.26 Å². The van der Waals surface area contributed by atoms with Crippen molar-refractivity contribution in [3.8, 4) is 6.07 Å². The summed E-state index contributed by atoms with van der Waals surface area (Å²) in [5.74, 6) is -0.310. The second-order valence-electron chi connectivity index (χ2n) is 5.69. The molecular weight excluding hydrogens is 330 g/mol. The van der Waals surface area contributed by atoms with E-state index in [1.165, 1.54) is 10.8 Å². The highest BCUT2D eigenvalue weighted by Gasteiger charge is 2.56. The van der Waals surface area contributed by atoms with Crippen LogP contribution in [0.4, 0.5) is 5.82 Å². The molecule has 2 aromatic rings. The number of anilines is 1. The number of nitrogens with zero attached hydrogens (tertiary/aromatic N) is 4. The smallest absolute Gasteiger partial charge is 0.305 e. The number of hydrogen-bond donors (Lipinski definition) is 3. The number of carbonyl (C=O) groups excluding carboxylic acids is 1. The zero-order chi connectivity index (χ0) is 18.2. The van der Waals surface area contributed by atoms with E-state index in [9.17, 15) is 20.3 Å². The van der Waals surface area contributed by atoms with Gasteiger partial charge in [0.15, 0.2) is 5.82 Å². The standard InChI is InChI=1S/C15H17N5O5/c1-2-10(21)24-6-15(5-16)13(23)11(22)12(25-15)8-3-4-9-14(17)18-7-19-20(8)9/h3-4,7,11-13,22-23H,2,6H2,1H3,(H2,17,18,19)/t11-,12-,13-,15+/m0/s1. The van der Waals surface area contributed by atoms with Gasteiger partial charge >= 0.3 is 5.97 Å². The molecule has 0 aliphatic carbocycles. The first-order chi connectivity index (χ1) is 11.9. The van der Waals surface area contributed by atoms with Crippen LogP contribution in [0.5, 0.6) is 0 Å². The normalized spacial score (nSPS) is 28.8. The number of nitriles is 1. The molecule has 1 aliphatic heterocycles. The number of nitrogen functional groups attached to an aromatic ring is 1. The van der Waals surface area contributed by atoms with E-state index < -0.39 is 36.5 Å². The van der Waals surface area contributed by atoms with Gasteiger partial charge in [0.2, 0.25) is 5.60 Å². The second-order valence-corrected chi connectivity index (χ2v) is 5.69. The molecule has 1 aliphatic rings. The van der Waals surface area contributed by atoms with Gasteiger partial charge in [0, 0.05) is 6.42 Å². The monoisotopic (exact) mass is 347 g/mol. The number of nitrogens with two attached hydrogens (primary N) is 1. The summed E-state index contributed by atoms with van der Waals surface area (Å²) in [6.07, 6.45) is -2.70. The quantitative estimate of drug-likeness (QED) is 0.610. The van der Waals surface area contributed by atoms with Gasteiger partial charge in [-0.25, -0.2) is 9.50 Å². The highest BCUT2D eigenvalue weighted by atomic mass is 16.6. The third-order valence-electron chi connectivity index (χ3n) is 4.18. The van der Waals surface area contributed by atoms with E-state index in [2.05, 4.69) is 10.1 Å². The van der Waals surface area contributed by atoms with Crippen molar-refractivity contribution in [3.05, 3.63) is 24.2 Å². The number of esters is 1. The summed E-state index contributed by atoms with van der Waals surface area (Å²) in [6.45, 7) is 1.10. The lowest BCUT2D eigenvalue weighted by atomic mass is 9.96. The molecule has 3 rings (SSSR count). The largest absolute Gasteiger partial charge is 0.461 e. The van der Waals surface area contributed by atoms with Crippen molar-refractivity contribution in [2.24, 2.45) is 0 Å². The fourth-order valence-electron chi connectivity index (χ4n) is 2.77. The third-order valence-corrected chi connectivity index (χ3v) is 4.18. The number of fused-ring (bicyclic) bond motifs is 1. The summed E-state index contributed by atoms with van der Waals surface area (Å²) >= 11 is 0. The molecule has 0 unspecified atom stereocenters. The highest BCUT2D eigenvalue weighted by Crippen LogP contribution is 2.40. The molecule has 2 aromatic heterocycles. The Bertz CT molecular complexity index is 846. The molecule has 0 spiro atoms. The summed E-state index contributed by atoms with van der Waals surface area (Å²) in [5, 5.41) is 34.3. The predicted molar refractivity (Wildman–Crippen MR) is 82.8 cm³/mol. The summed E-state index contributed by atoms with van der Waals surface area (Å²) in [4.78, 5) is 15.2. The summed E-state index contributed by atoms with van der Waals surface area (Å²) in [7, 11) is 0. The summed E-state index contributed by atoms with van der Waals surface area (Å²) in [6, 6.07) is 5.05. The predicted octanol–water partition coefficient (Wildman–Crippen LogP) is -0.680. The van der Waals surface area contributed by atoms with Crippen molar-refractivity contribution in [1.82, 2.24) is 14.6 Å². The molecular formula is C15H17N5O5. The van der Waals surface area contributed by atoms with Crippen LogP contribution < -0.4 is 5.73 Å². The van der Waals surface area contributed by atoms with Crippen LogP contribution in [0, 0.1) is 11.3 Å². The molecule has 10 heteroatoms. The van der Waals surface area contributed by atoms with Gasteiger partial charge < -0.3 is 25.4 Å². The Labute approximate surface area is 142 Å².